The van der Waals surface area contributed by atoms with Crippen molar-refractivity contribution in [1.82, 2.24) is 19.9 Å². The van der Waals surface area contributed by atoms with Crippen LogP contribution < -0.4 is 9.47 Å². The van der Waals surface area contributed by atoms with Gasteiger partial charge in [0.05, 0.1) is 18.9 Å². The van der Waals surface area contributed by atoms with E-state index in [9.17, 15) is 0 Å². The van der Waals surface area contributed by atoms with Crippen molar-refractivity contribution in [1.29, 1.82) is 5.26 Å². The third kappa shape index (κ3) is 2.54. The Morgan fingerprint density at radius 3 is 2.95 bits per heavy atom. The predicted molar refractivity (Wildman–Crippen MR) is 79.4 cm³/mol. The van der Waals surface area contributed by atoms with E-state index in [1.165, 1.54) is 6.33 Å². The highest BCUT2D eigenvalue weighted by molar-refractivity contribution is 5.77. The molecule has 0 saturated heterocycles. The maximum absolute atomic E-state index is 8.80. The maximum Gasteiger partial charge on any atom is 0.181 e. The summed E-state index contributed by atoms with van der Waals surface area (Å²) in [6, 6.07) is 7.33. The average molecular weight is 295 g/mol. The van der Waals surface area contributed by atoms with E-state index < -0.39 is 6.10 Å². The molecule has 110 valence electrons. The molecule has 22 heavy (non-hydrogen) atoms. The molecule has 0 amide bonds. The molecule has 0 saturated carbocycles. The Bertz CT molecular complexity index is 820. The number of rotatable bonds is 4. The number of fused-ring (bicyclic) bond motifs is 1. The Labute approximate surface area is 126 Å². The lowest BCUT2D eigenvalue weighted by Gasteiger charge is -2.11. The number of benzene rings is 1. The van der Waals surface area contributed by atoms with Gasteiger partial charge in [-0.2, -0.15) is 5.26 Å². The molecular formula is C15H13N5O2. The molecule has 1 N–H and O–H groups in total. The molecule has 0 bridgehead atoms. The second-order valence-corrected chi connectivity index (χ2v) is 4.59. The van der Waals surface area contributed by atoms with Crippen molar-refractivity contribution in [3.63, 3.8) is 0 Å². The Morgan fingerprint density at radius 2 is 2.23 bits per heavy atom. The minimum Gasteiger partial charge on any atom is -0.496 e. The molecule has 0 aliphatic carbocycles. The maximum atomic E-state index is 8.80. The van der Waals surface area contributed by atoms with E-state index in [0.717, 1.165) is 5.56 Å². The van der Waals surface area contributed by atoms with Gasteiger partial charge >= 0.3 is 0 Å². The fourth-order valence-corrected chi connectivity index (χ4v) is 2.06. The van der Waals surface area contributed by atoms with E-state index in [1.807, 2.05) is 12.1 Å². The van der Waals surface area contributed by atoms with Crippen LogP contribution >= 0.6 is 0 Å². The number of aromatic amines is 1. The summed E-state index contributed by atoms with van der Waals surface area (Å²) in [6.07, 6.45) is 2.57. The Morgan fingerprint density at radius 1 is 1.36 bits per heavy atom. The molecule has 1 unspecified atom stereocenters. The van der Waals surface area contributed by atoms with E-state index in [1.54, 1.807) is 32.4 Å². The lowest BCUT2D eigenvalue weighted by Crippen LogP contribution is -2.08. The van der Waals surface area contributed by atoms with E-state index in [4.69, 9.17) is 14.7 Å². The highest BCUT2D eigenvalue weighted by atomic mass is 16.5. The van der Waals surface area contributed by atoms with Gasteiger partial charge in [0, 0.05) is 6.07 Å². The summed E-state index contributed by atoms with van der Waals surface area (Å²) in [7, 11) is 1.57. The molecule has 1 aromatic carbocycles. The number of ether oxygens (including phenoxy) is 2. The predicted octanol–water partition coefficient (Wildman–Crippen LogP) is 2.32. The van der Waals surface area contributed by atoms with Gasteiger partial charge in [-0.3, -0.25) is 0 Å². The molecule has 0 aliphatic heterocycles. The molecular weight excluding hydrogens is 282 g/mol. The fraction of sp³-hybridized carbons (Fsp3) is 0.200. The zero-order chi connectivity index (χ0) is 15.5. The third-order valence-electron chi connectivity index (χ3n) is 3.08. The van der Waals surface area contributed by atoms with E-state index >= 15 is 0 Å². The normalized spacial score (nSPS) is 11.9. The minimum atomic E-state index is -0.531. The van der Waals surface area contributed by atoms with Crippen LogP contribution in [0.25, 0.3) is 22.6 Å². The number of nitrogens with zero attached hydrogens (tertiary/aromatic N) is 4. The molecule has 7 nitrogen and oxygen atoms in total. The third-order valence-corrected chi connectivity index (χ3v) is 3.08. The van der Waals surface area contributed by atoms with Crippen molar-refractivity contribution in [3.05, 3.63) is 30.7 Å². The molecule has 2 aromatic heterocycles. The molecule has 0 fully saturated rings. The van der Waals surface area contributed by atoms with E-state index in [2.05, 4.69) is 19.9 Å². The van der Waals surface area contributed by atoms with Gasteiger partial charge in [0.15, 0.2) is 11.8 Å². The first kappa shape index (κ1) is 13.8. The number of H-pyrrole nitrogens is 1. The van der Waals surface area contributed by atoms with Gasteiger partial charge < -0.3 is 14.5 Å². The summed E-state index contributed by atoms with van der Waals surface area (Å²) in [5.74, 6) is 1.78. The summed E-state index contributed by atoms with van der Waals surface area (Å²) in [6.45, 7) is 1.68. The summed E-state index contributed by atoms with van der Waals surface area (Å²) in [4.78, 5) is 15.6. The fourth-order valence-electron chi connectivity index (χ4n) is 2.06. The summed E-state index contributed by atoms with van der Waals surface area (Å²) in [5.41, 5.74) is 2.11. The molecule has 7 heteroatoms. The number of imidazole rings is 1. The molecule has 0 spiro atoms. The lowest BCUT2D eigenvalue weighted by atomic mass is 10.2. The highest BCUT2D eigenvalue weighted by Gasteiger charge is 2.13. The molecule has 0 aliphatic rings. The van der Waals surface area contributed by atoms with Crippen molar-refractivity contribution < 1.29 is 9.47 Å². The van der Waals surface area contributed by atoms with Crippen LogP contribution in [0.1, 0.15) is 6.92 Å². The lowest BCUT2D eigenvalue weighted by molar-refractivity contribution is 0.275. The van der Waals surface area contributed by atoms with Gasteiger partial charge in [-0.25, -0.2) is 15.0 Å². The number of methoxy groups -OCH3 is 1. The largest absolute Gasteiger partial charge is 0.496 e. The summed E-state index contributed by atoms with van der Waals surface area (Å²) in [5, 5.41) is 8.80. The number of aromatic nitrogens is 4. The van der Waals surface area contributed by atoms with E-state index in [0.29, 0.717) is 28.5 Å². The van der Waals surface area contributed by atoms with Crippen LogP contribution in [-0.2, 0) is 0 Å². The van der Waals surface area contributed by atoms with Gasteiger partial charge in [0.25, 0.3) is 0 Å². The monoisotopic (exact) mass is 295 g/mol. The van der Waals surface area contributed by atoms with Crippen LogP contribution in [0.2, 0.25) is 0 Å². The standard InChI is InChI=1S/C15H13N5O2/c1-9(6-16)22-10-3-4-11(13(5-10)21-2)14-19-12-7-17-8-18-15(12)20-14/h3-5,7-9H,1-2H3,(H,17,18,19,20). The van der Waals surface area contributed by atoms with Crippen LogP contribution in [0, 0.1) is 11.3 Å². The Balaban J connectivity index is 2.01. The van der Waals surface area contributed by atoms with Gasteiger partial charge in [0.1, 0.15) is 35.2 Å². The summed E-state index contributed by atoms with van der Waals surface area (Å²) < 4.78 is 10.9. The molecule has 0 radical (unpaired) electrons. The zero-order valence-electron chi connectivity index (χ0n) is 12.1. The zero-order valence-corrected chi connectivity index (χ0v) is 12.1. The van der Waals surface area contributed by atoms with Gasteiger partial charge in [-0.15, -0.1) is 0 Å². The van der Waals surface area contributed by atoms with E-state index in [-0.39, 0.29) is 0 Å². The van der Waals surface area contributed by atoms with Crippen molar-refractivity contribution in [2.45, 2.75) is 13.0 Å². The first-order valence-electron chi connectivity index (χ1n) is 6.61. The second-order valence-electron chi connectivity index (χ2n) is 4.59. The molecule has 3 rings (SSSR count). The van der Waals surface area contributed by atoms with Crippen LogP contribution in [-0.4, -0.2) is 33.1 Å². The first-order chi connectivity index (χ1) is 10.7. The minimum absolute atomic E-state index is 0.531. The molecule has 2 heterocycles. The van der Waals surface area contributed by atoms with Crippen molar-refractivity contribution >= 4 is 11.2 Å². The number of hydrogen-bond acceptors (Lipinski definition) is 6. The number of nitrogens with one attached hydrogen (secondary N) is 1. The number of nitriles is 1. The SMILES string of the molecule is COc1cc(OC(C)C#N)ccc1-c1nc2cncnc2[nH]1. The van der Waals surface area contributed by atoms with Crippen molar-refractivity contribution in [2.75, 3.05) is 7.11 Å². The second kappa shape index (κ2) is 5.69. The smallest absolute Gasteiger partial charge is 0.181 e. The highest BCUT2D eigenvalue weighted by Crippen LogP contribution is 2.32. The summed E-state index contributed by atoms with van der Waals surface area (Å²) >= 11 is 0. The van der Waals surface area contributed by atoms with Crippen LogP contribution in [0.5, 0.6) is 11.5 Å². The van der Waals surface area contributed by atoms with Crippen molar-refractivity contribution in [3.8, 4) is 29.0 Å². The Hall–Kier alpha value is -3.14. The number of hydrogen-bond donors (Lipinski definition) is 1. The Kier molecular flexibility index (Phi) is 3.58. The molecule has 1 atom stereocenters. The van der Waals surface area contributed by atoms with Gasteiger partial charge in [-0.05, 0) is 19.1 Å². The van der Waals surface area contributed by atoms with Gasteiger partial charge in [-0.1, -0.05) is 0 Å². The van der Waals surface area contributed by atoms with Crippen LogP contribution in [0.4, 0.5) is 0 Å². The topological polar surface area (TPSA) is 96.7 Å². The van der Waals surface area contributed by atoms with Crippen LogP contribution in [0.15, 0.2) is 30.7 Å². The first-order valence-corrected chi connectivity index (χ1v) is 6.61. The quantitative estimate of drug-likeness (QED) is 0.793. The van der Waals surface area contributed by atoms with Crippen LogP contribution in [0.3, 0.4) is 0 Å². The van der Waals surface area contributed by atoms with Gasteiger partial charge in [0.2, 0.25) is 0 Å². The van der Waals surface area contributed by atoms with Crippen molar-refractivity contribution in [2.24, 2.45) is 0 Å². The average Bonchev–Trinajstić information content (AvgIpc) is 2.98. The molecule has 3 aromatic rings.